The van der Waals surface area contributed by atoms with E-state index in [0.29, 0.717) is 11.7 Å². The molecule has 0 amide bonds. The molecular weight excluding hydrogens is 226 g/mol. The third-order valence-corrected chi connectivity index (χ3v) is 3.15. The lowest BCUT2D eigenvalue weighted by molar-refractivity contribution is 0.408. The van der Waals surface area contributed by atoms with Gasteiger partial charge >= 0.3 is 0 Å². The number of aryl methyl sites for hydroxylation is 1. The van der Waals surface area contributed by atoms with Crippen LogP contribution in [-0.2, 0) is 7.05 Å². The molecule has 2 rings (SSSR count). The molecule has 96 valence electrons. The van der Waals surface area contributed by atoms with E-state index in [9.17, 15) is 0 Å². The van der Waals surface area contributed by atoms with Gasteiger partial charge in [-0.15, -0.1) is 0 Å². The summed E-state index contributed by atoms with van der Waals surface area (Å²) in [6, 6.07) is 6.17. The highest BCUT2D eigenvalue weighted by Gasteiger charge is 2.12. The van der Waals surface area contributed by atoms with Crippen LogP contribution in [0.15, 0.2) is 24.4 Å². The third kappa shape index (κ3) is 2.06. The van der Waals surface area contributed by atoms with Crippen LogP contribution < -0.4 is 10.5 Å². The van der Waals surface area contributed by atoms with Crippen molar-refractivity contribution in [2.45, 2.75) is 19.8 Å². The van der Waals surface area contributed by atoms with Gasteiger partial charge in [0, 0.05) is 12.6 Å². The Kier molecular flexibility index (Phi) is 3.28. The lowest BCUT2D eigenvalue weighted by Gasteiger charge is -2.13. The Morgan fingerprint density at radius 1 is 1.33 bits per heavy atom. The van der Waals surface area contributed by atoms with Crippen molar-refractivity contribution in [1.29, 1.82) is 0 Å². The maximum atomic E-state index is 5.98. The van der Waals surface area contributed by atoms with Gasteiger partial charge in [0.05, 0.1) is 13.3 Å². The van der Waals surface area contributed by atoms with Gasteiger partial charge in [-0.05, 0) is 23.1 Å². The van der Waals surface area contributed by atoms with Gasteiger partial charge in [-0.2, -0.15) is 5.10 Å². The predicted molar refractivity (Wildman–Crippen MR) is 73.7 cm³/mol. The fourth-order valence-corrected chi connectivity index (χ4v) is 2.03. The number of benzene rings is 1. The van der Waals surface area contributed by atoms with E-state index in [1.54, 1.807) is 18.0 Å². The summed E-state index contributed by atoms with van der Waals surface area (Å²) in [4.78, 5) is 0. The van der Waals surface area contributed by atoms with E-state index in [0.717, 1.165) is 16.9 Å². The first-order valence-electron chi connectivity index (χ1n) is 6.00. The lowest BCUT2D eigenvalue weighted by Crippen LogP contribution is -1.98. The van der Waals surface area contributed by atoms with Crippen molar-refractivity contribution < 1.29 is 4.74 Å². The smallest absolute Gasteiger partial charge is 0.129 e. The molecule has 0 unspecified atom stereocenters. The van der Waals surface area contributed by atoms with E-state index in [1.807, 2.05) is 13.1 Å². The molecule has 18 heavy (non-hydrogen) atoms. The van der Waals surface area contributed by atoms with Crippen LogP contribution in [0.5, 0.6) is 5.75 Å². The number of hydrogen-bond donors (Lipinski definition) is 1. The van der Waals surface area contributed by atoms with E-state index in [2.05, 4.69) is 31.1 Å². The number of methoxy groups -OCH3 is 1. The summed E-state index contributed by atoms with van der Waals surface area (Å²) < 4.78 is 7.11. The number of nitrogen functional groups attached to an aromatic ring is 1. The van der Waals surface area contributed by atoms with Gasteiger partial charge in [0.1, 0.15) is 11.6 Å². The van der Waals surface area contributed by atoms with Crippen molar-refractivity contribution in [2.75, 3.05) is 12.8 Å². The van der Waals surface area contributed by atoms with E-state index < -0.39 is 0 Å². The second-order valence-corrected chi connectivity index (χ2v) is 4.68. The molecule has 1 aromatic carbocycles. The molecule has 0 aliphatic rings. The topological polar surface area (TPSA) is 53.1 Å². The highest BCUT2D eigenvalue weighted by atomic mass is 16.5. The van der Waals surface area contributed by atoms with Crippen LogP contribution in [0.25, 0.3) is 11.1 Å². The molecule has 1 heterocycles. The summed E-state index contributed by atoms with van der Waals surface area (Å²) in [5.74, 6) is 1.99. The molecule has 0 saturated heterocycles. The van der Waals surface area contributed by atoms with Crippen LogP contribution in [0, 0.1) is 0 Å². The van der Waals surface area contributed by atoms with E-state index in [4.69, 9.17) is 10.5 Å². The van der Waals surface area contributed by atoms with Crippen LogP contribution in [-0.4, -0.2) is 16.9 Å². The van der Waals surface area contributed by atoms with Crippen LogP contribution in [0.2, 0.25) is 0 Å². The average Bonchev–Trinajstić information content (AvgIpc) is 2.69. The van der Waals surface area contributed by atoms with Gasteiger partial charge in [-0.1, -0.05) is 26.0 Å². The number of hydrogen-bond acceptors (Lipinski definition) is 3. The van der Waals surface area contributed by atoms with Crippen LogP contribution in [0.3, 0.4) is 0 Å². The highest BCUT2D eigenvalue weighted by Crippen LogP contribution is 2.33. The van der Waals surface area contributed by atoms with Crippen molar-refractivity contribution in [3.05, 3.63) is 30.0 Å². The first kappa shape index (κ1) is 12.5. The molecule has 0 bridgehead atoms. The minimum absolute atomic E-state index is 0.431. The maximum Gasteiger partial charge on any atom is 0.129 e. The zero-order chi connectivity index (χ0) is 13.3. The monoisotopic (exact) mass is 245 g/mol. The van der Waals surface area contributed by atoms with Crippen LogP contribution in [0.4, 0.5) is 5.82 Å². The molecule has 2 aromatic rings. The second-order valence-electron chi connectivity index (χ2n) is 4.68. The Bertz CT molecular complexity index is 558. The fraction of sp³-hybridized carbons (Fsp3) is 0.357. The molecule has 2 N–H and O–H groups in total. The predicted octanol–water partition coefficient (Wildman–Crippen LogP) is 2.80. The molecule has 4 nitrogen and oxygen atoms in total. The van der Waals surface area contributed by atoms with Crippen molar-refractivity contribution in [1.82, 2.24) is 9.78 Å². The first-order valence-corrected chi connectivity index (χ1v) is 6.00. The van der Waals surface area contributed by atoms with Crippen molar-refractivity contribution in [2.24, 2.45) is 7.05 Å². The summed E-state index contributed by atoms with van der Waals surface area (Å²) in [5.41, 5.74) is 9.15. The Morgan fingerprint density at radius 3 is 2.56 bits per heavy atom. The molecule has 0 saturated carbocycles. The zero-order valence-corrected chi connectivity index (χ0v) is 11.3. The van der Waals surface area contributed by atoms with Gasteiger partial charge in [-0.3, -0.25) is 4.68 Å². The third-order valence-electron chi connectivity index (χ3n) is 3.15. The van der Waals surface area contributed by atoms with Crippen LogP contribution in [0.1, 0.15) is 25.3 Å². The fourth-order valence-electron chi connectivity index (χ4n) is 2.03. The molecule has 0 spiro atoms. The number of ether oxygens (including phenoxy) is 1. The number of aromatic nitrogens is 2. The quantitative estimate of drug-likeness (QED) is 0.904. The zero-order valence-electron chi connectivity index (χ0n) is 11.3. The molecule has 0 atom stereocenters. The van der Waals surface area contributed by atoms with E-state index in [-0.39, 0.29) is 0 Å². The minimum atomic E-state index is 0.431. The Morgan fingerprint density at radius 2 is 2.06 bits per heavy atom. The molecule has 0 aliphatic carbocycles. The Hall–Kier alpha value is -1.97. The standard InChI is InChI=1S/C14H19N3O/c1-9(2)11-6-5-10(7-13(11)18-4)12-8-16-17(3)14(12)15/h5-9H,15H2,1-4H3. The van der Waals surface area contributed by atoms with Crippen LogP contribution >= 0.6 is 0 Å². The van der Waals surface area contributed by atoms with Gasteiger partial charge in [0.15, 0.2) is 0 Å². The molecule has 4 heteroatoms. The number of rotatable bonds is 3. The molecular formula is C14H19N3O. The highest BCUT2D eigenvalue weighted by molar-refractivity contribution is 5.75. The first-order chi connectivity index (χ1) is 8.54. The summed E-state index contributed by atoms with van der Waals surface area (Å²) >= 11 is 0. The number of nitrogens with two attached hydrogens (primary N) is 1. The SMILES string of the molecule is COc1cc(-c2cnn(C)c2N)ccc1C(C)C. The summed E-state index contributed by atoms with van der Waals surface area (Å²) in [6.07, 6.45) is 1.78. The summed E-state index contributed by atoms with van der Waals surface area (Å²) in [7, 11) is 3.52. The Labute approximate surface area is 107 Å². The second kappa shape index (κ2) is 4.72. The minimum Gasteiger partial charge on any atom is -0.496 e. The largest absolute Gasteiger partial charge is 0.496 e. The van der Waals surface area contributed by atoms with E-state index in [1.165, 1.54) is 5.56 Å². The molecule has 0 radical (unpaired) electrons. The van der Waals surface area contributed by atoms with Crippen molar-refractivity contribution in [3.63, 3.8) is 0 Å². The normalized spacial score (nSPS) is 10.9. The van der Waals surface area contributed by atoms with Gasteiger partial charge < -0.3 is 10.5 Å². The molecule has 1 aromatic heterocycles. The number of anilines is 1. The molecule has 0 fully saturated rings. The van der Waals surface area contributed by atoms with Gasteiger partial charge in [0.2, 0.25) is 0 Å². The van der Waals surface area contributed by atoms with Gasteiger partial charge in [-0.25, -0.2) is 0 Å². The average molecular weight is 245 g/mol. The summed E-state index contributed by atoms with van der Waals surface area (Å²) in [5, 5.41) is 4.16. The lowest BCUT2D eigenvalue weighted by atomic mass is 9.98. The maximum absolute atomic E-state index is 5.98. The summed E-state index contributed by atoms with van der Waals surface area (Å²) in [6.45, 7) is 4.30. The van der Waals surface area contributed by atoms with Gasteiger partial charge in [0.25, 0.3) is 0 Å². The van der Waals surface area contributed by atoms with E-state index >= 15 is 0 Å². The number of nitrogens with zero attached hydrogens (tertiary/aromatic N) is 2. The van der Waals surface area contributed by atoms with Crippen molar-refractivity contribution in [3.8, 4) is 16.9 Å². The van der Waals surface area contributed by atoms with Crippen molar-refractivity contribution >= 4 is 5.82 Å². The Balaban J connectivity index is 2.51. The molecule has 0 aliphatic heterocycles.